The lowest BCUT2D eigenvalue weighted by Gasteiger charge is -2.17. The molecule has 0 spiro atoms. The molecule has 2 aromatic carbocycles. The summed E-state index contributed by atoms with van der Waals surface area (Å²) in [7, 11) is 3.20. The molecule has 158 valence electrons. The lowest BCUT2D eigenvalue weighted by Crippen LogP contribution is -2.43. The van der Waals surface area contributed by atoms with E-state index in [1.54, 1.807) is 12.1 Å². The molecular formula is C22H29ClN2O4. The molecule has 0 saturated carbocycles. The number of carbonyl (C=O) groups is 2. The van der Waals surface area contributed by atoms with Gasteiger partial charge in [0, 0.05) is 6.42 Å². The molecule has 1 atom stereocenters. The van der Waals surface area contributed by atoms with Crippen LogP contribution in [0.3, 0.4) is 0 Å². The number of aryl methyl sites for hydroxylation is 1. The van der Waals surface area contributed by atoms with Gasteiger partial charge in [0.2, 0.25) is 0 Å². The Morgan fingerprint density at radius 1 is 1.07 bits per heavy atom. The molecule has 0 saturated heterocycles. The Morgan fingerprint density at radius 3 is 2.41 bits per heavy atom. The minimum absolute atomic E-state index is 0. The van der Waals surface area contributed by atoms with E-state index in [1.165, 1.54) is 7.11 Å². The van der Waals surface area contributed by atoms with Gasteiger partial charge in [-0.05, 0) is 56.1 Å². The fourth-order valence-corrected chi connectivity index (χ4v) is 2.98. The number of methoxy groups -OCH3 is 1. The van der Waals surface area contributed by atoms with Crippen LogP contribution in [0, 0.1) is 0 Å². The minimum Gasteiger partial charge on any atom is -0.507 e. The van der Waals surface area contributed by atoms with E-state index >= 15 is 0 Å². The third-order valence-corrected chi connectivity index (χ3v) is 4.52. The number of ether oxygens (including phenoxy) is 1. The van der Waals surface area contributed by atoms with Gasteiger partial charge in [-0.1, -0.05) is 36.4 Å². The van der Waals surface area contributed by atoms with Crippen molar-refractivity contribution in [3.8, 4) is 5.75 Å². The van der Waals surface area contributed by atoms with Crippen LogP contribution in [0.1, 0.15) is 34.3 Å². The van der Waals surface area contributed by atoms with Gasteiger partial charge in [-0.3, -0.25) is 4.79 Å². The molecule has 0 aromatic heterocycles. The standard InChI is InChI=1S/C22H28N2O4.ClH/c1-23-13-7-6-10-17-11-12-18(20(25)15-17)21(26)24-19(22(27)28-2)14-16-8-4-3-5-9-16;/h3-5,8-9,11-12,15,19,23,25H,6-7,10,13-14H2,1-2H3,(H,24,26);1H/t19-;/m0./s1. The molecule has 0 unspecified atom stereocenters. The van der Waals surface area contributed by atoms with E-state index in [0.29, 0.717) is 6.42 Å². The summed E-state index contributed by atoms with van der Waals surface area (Å²) in [6.07, 6.45) is 3.17. The Labute approximate surface area is 178 Å². The quantitative estimate of drug-likeness (QED) is 0.406. The summed E-state index contributed by atoms with van der Waals surface area (Å²) < 4.78 is 4.81. The average molecular weight is 421 g/mol. The monoisotopic (exact) mass is 420 g/mol. The SMILES string of the molecule is CNCCCCc1ccc(C(=O)N[C@@H](Cc2ccccc2)C(=O)OC)c(O)c1.Cl. The number of nitrogens with one attached hydrogen (secondary N) is 2. The third-order valence-electron chi connectivity index (χ3n) is 4.52. The first-order valence-electron chi connectivity index (χ1n) is 9.44. The second-order valence-electron chi connectivity index (χ2n) is 6.65. The van der Waals surface area contributed by atoms with Crippen molar-refractivity contribution in [2.24, 2.45) is 0 Å². The second-order valence-corrected chi connectivity index (χ2v) is 6.65. The number of phenols is 1. The average Bonchev–Trinajstić information content (AvgIpc) is 2.71. The van der Waals surface area contributed by atoms with Gasteiger partial charge in [0.15, 0.2) is 0 Å². The maximum atomic E-state index is 12.6. The molecule has 0 aliphatic rings. The molecule has 0 heterocycles. The number of hydrogen-bond acceptors (Lipinski definition) is 5. The number of carbonyl (C=O) groups excluding carboxylic acids is 2. The highest BCUT2D eigenvalue weighted by Crippen LogP contribution is 2.20. The molecule has 0 aliphatic carbocycles. The van der Waals surface area contributed by atoms with Crippen LogP contribution in [-0.4, -0.2) is 43.7 Å². The topological polar surface area (TPSA) is 87.7 Å². The summed E-state index contributed by atoms with van der Waals surface area (Å²) in [5.74, 6) is -1.13. The zero-order chi connectivity index (χ0) is 20.4. The summed E-state index contributed by atoms with van der Waals surface area (Å²) in [6.45, 7) is 0.947. The molecular weight excluding hydrogens is 392 g/mol. The molecule has 0 fully saturated rings. The van der Waals surface area contributed by atoms with Crippen LogP contribution in [0.5, 0.6) is 5.75 Å². The van der Waals surface area contributed by atoms with E-state index in [1.807, 2.05) is 43.4 Å². The van der Waals surface area contributed by atoms with E-state index in [9.17, 15) is 14.7 Å². The van der Waals surface area contributed by atoms with Crippen molar-refractivity contribution in [3.05, 3.63) is 65.2 Å². The first kappa shape index (κ1) is 24.5. The van der Waals surface area contributed by atoms with Crippen LogP contribution in [0.25, 0.3) is 0 Å². The molecule has 3 N–H and O–H groups in total. The van der Waals surface area contributed by atoms with Crippen LogP contribution < -0.4 is 10.6 Å². The number of unbranched alkanes of at least 4 members (excludes halogenated alkanes) is 1. The molecule has 7 heteroatoms. The Bertz CT molecular complexity index is 784. The second kappa shape index (κ2) is 12.8. The van der Waals surface area contributed by atoms with Crippen molar-refractivity contribution in [1.29, 1.82) is 0 Å². The Balaban J connectivity index is 0.00000420. The van der Waals surface area contributed by atoms with Crippen molar-refractivity contribution >= 4 is 24.3 Å². The van der Waals surface area contributed by atoms with Crippen molar-refractivity contribution in [1.82, 2.24) is 10.6 Å². The van der Waals surface area contributed by atoms with Crippen molar-refractivity contribution in [2.75, 3.05) is 20.7 Å². The number of amides is 1. The van der Waals surface area contributed by atoms with Gasteiger partial charge in [-0.15, -0.1) is 12.4 Å². The van der Waals surface area contributed by atoms with Gasteiger partial charge >= 0.3 is 5.97 Å². The smallest absolute Gasteiger partial charge is 0.328 e. The largest absolute Gasteiger partial charge is 0.507 e. The highest BCUT2D eigenvalue weighted by atomic mass is 35.5. The molecule has 0 aliphatic heterocycles. The maximum Gasteiger partial charge on any atom is 0.328 e. The fourth-order valence-electron chi connectivity index (χ4n) is 2.98. The summed E-state index contributed by atoms with van der Waals surface area (Å²) in [6, 6.07) is 13.6. The van der Waals surface area contributed by atoms with E-state index in [-0.39, 0.29) is 23.7 Å². The number of phenolic OH excluding ortho intramolecular Hbond substituents is 1. The van der Waals surface area contributed by atoms with Gasteiger partial charge in [-0.25, -0.2) is 4.79 Å². The maximum absolute atomic E-state index is 12.6. The van der Waals surface area contributed by atoms with Gasteiger partial charge in [0.25, 0.3) is 5.91 Å². The van der Waals surface area contributed by atoms with Crippen molar-refractivity contribution < 1.29 is 19.4 Å². The zero-order valence-corrected chi connectivity index (χ0v) is 17.6. The summed E-state index contributed by atoms with van der Waals surface area (Å²) in [5.41, 5.74) is 2.01. The summed E-state index contributed by atoms with van der Waals surface area (Å²) >= 11 is 0. The molecule has 29 heavy (non-hydrogen) atoms. The zero-order valence-electron chi connectivity index (χ0n) is 16.8. The molecule has 0 radical (unpaired) electrons. The van der Waals surface area contributed by atoms with Crippen LogP contribution >= 0.6 is 12.4 Å². The van der Waals surface area contributed by atoms with Crippen LogP contribution in [0.2, 0.25) is 0 Å². The normalized spacial score (nSPS) is 11.2. The van der Waals surface area contributed by atoms with Gasteiger partial charge in [0.1, 0.15) is 11.8 Å². The Kier molecular flexibility index (Phi) is 10.8. The fraction of sp³-hybridized carbons (Fsp3) is 0.364. The van der Waals surface area contributed by atoms with Crippen LogP contribution in [0.15, 0.2) is 48.5 Å². The highest BCUT2D eigenvalue weighted by molar-refractivity contribution is 5.99. The Hall–Kier alpha value is -2.57. The van der Waals surface area contributed by atoms with E-state index in [4.69, 9.17) is 4.74 Å². The van der Waals surface area contributed by atoms with Crippen LogP contribution in [0.4, 0.5) is 0 Å². The van der Waals surface area contributed by atoms with Crippen molar-refractivity contribution in [2.45, 2.75) is 31.7 Å². The van der Waals surface area contributed by atoms with E-state index < -0.39 is 17.9 Å². The highest BCUT2D eigenvalue weighted by Gasteiger charge is 2.23. The third kappa shape index (κ3) is 7.75. The predicted molar refractivity (Wildman–Crippen MR) is 116 cm³/mol. The summed E-state index contributed by atoms with van der Waals surface area (Å²) in [4.78, 5) is 24.7. The molecule has 2 rings (SSSR count). The number of esters is 1. The van der Waals surface area contributed by atoms with E-state index in [0.717, 1.165) is 36.9 Å². The lowest BCUT2D eigenvalue weighted by atomic mass is 10.0. The van der Waals surface area contributed by atoms with Crippen molar-refractivity contribution in [3.63, 3.8) is 0 Å². The number of halogens is 1. The molecule has 6 nitrogen and oxygen atoms in total. The minimum atomic E-state index is -0.833. The molecule has 0 bridgehead atoms. The number of rotatable bonds is 10. The first-order valence-corrected chi connectivity index (χ1v) is 9.44. The molecule has 2 aromatic rings. The number of benzene rings is 2. The number of hydrogen-bond donors (Lipinski definition) is 3. The van der Waals surface area contributed by atoms with Crippen LogP contribution in [-0.2, 0) is 22.4 Å². The summed E-state index contributed by atoms with van der Waals surface area (Å²) in [5, 5.41) is 16.0. The van der Waals surface area contributed by atoms with Gasteiger partial charge in [-0.2, -0.15) is 0 Å². The lowest BCUT2D eigenvalue weighted by molar-refractivity contribution is -0.142. The Morgan fingerprint density at radius 2 is 1.79 bits per heavy atom. The van der Waals surface area contributed by atoms with E-state index in [2.05, 4.69) is 10.6 Å². The van der Waals surface area contributed by atoms with Gasteiger partial charge < -0.3 is 20.5 Å². The number of aromatic hydroxyl groups is 1. The molecule has 1 amide bonds. The van der Waals surface area contributed by atoms with Gasteiger partial charge in [0.05, 0.1) is 12.7 Å². The first-order chi connectivity index (χ1) is 13.5. The predicted octanol–water partition coefficient (Wildman–Crippen LogP) is 2.87.